The summed E-state index contributed by atoms with van der Waals surface area (Å²) in [6.45, 7) is 9.19. The highest BCUT2D eigenvalue weighted by Gasteiger charge is 2.27. The lowest BCUT2D eigenvalue weighted by molar-refractivity contribution is 0.0785. The van der Waals surface area contributed by atoms with Crippen LogP contribution in [0.5, 0.6) is 0 Å². The van der Waals surface area contributed by atoms with Crippen LogP contribution in [0.2, 0.25) is 0 Å². The summed E-state index contributed by atoms with van der Waals surface area (Å²) < 4.78 is 33.6. The number of sulfone groups is 1. The first-order valence-electron chi connectivity index (χ1n) is 10.9. The summed E-state index contributed by atoms with van der Waals surface area (Å²) in [5, 5.41) is 2.91. The molecule has 2 heterocycles. The highest BCUT2D eigenvalue weighted by atomic mass is 32.2. The van der Waals surface area contributed by atoms with Crippen molar-refractivity contribution in [2.24, 2.45) is 0 Å². The molecule has 3 rings (SSSR count). The average Bonchev–Trinajstić information content (AvgIpc) is 3.38. The molecule has 1 aliphatic rings. The van der Waals surface area contributed by atoms with E-state index in [1.807, 2.05) is 32.0 Å². The first-order chi connectivity index (χ1) is 15.3. The van der Waals surface area contributed by atoms with E-state index in [4.69, 9.17) is 4.74 Å². The summed E-state index contributed by atoms with van der Waals surface area (Å²) in [5.41, 5.74) is 1.33. The molecule has 1 aromatic heterocycles. The maximum Gasteiger partial charge on any atom is 0.318 e. The van der Waals surface area contributed by atoms with Crippen LogP contribution < -0.4 is 5.32 Å². The number of nitrogens with one attached hydrogen (secondary N) is 1. The van der Waals surface area contributed by atoms with Gasteiger partial charge in [-0.05, 0) is 32.3 Å². The Balaban J connectivity index is 1.87. The van der Waals surface area contributed by atoms with Gasteiger partial charge in [0.05, 0.1) is 30.3 Å². The fourth-order valence-corrected chi connectivity index (χ4v) is 5.24. The number of ether oxygens (including phenoxy) is 1. The standard InChI is InChI=1S/C23H32N4O4S/c1-4-12-27-20(14-24-23(27)32(29,30)17-19-9-6-5-7-10-19)15-26(22(28)25-18(2)3)16-21-11-8-13-31-21/h4-7,9-10,14,18,21H,1,8,11-13,15-17H2,2-3H3,(H,25,28). The van der Waals surface area contributed by atoms with Gasteiger partial charge in [-0.25, -0.2) is 18.2 Å². The van der Waals surface area contributed by atoms with Crippen molar-refractivity contribution in [1.82, 2.24) is 19.8 Å². The number of imidazole rings is 1. The molecule has 1 aromatic carbocycles. The fraction of sp³-hybridized carbons (Fsp3) is 0.478. The number of benzene rings is 1. The van der Waals surface area contributed by atoms with Crippen LogP contribution in [-0.4, -0.2) is 54.2 Å². The van der Waals surface area contributed by atoms with E-state index in [0.717, 1.165) is 12.8 Å². The Labute approximate surface area is 190 Å². The molecule has 1 N–H and O–H groups in total. The highest BCUT2D eigenvalue weighted by molar-refractivity contribution is 7.90. The molecule has 0 spiro atoms. The SMILES string of the molecule is C=CCn1c(CN(CC2CCCO2)C(=O)NC(C)C)cnc1S(=O)(=O)Cc1ccccc1. The molecule has 1 aliphatic heterocycles. The largest absolute Gasteiger partial charge is 0.376 e. The molecule has 8 nitrogen and oxygen atoms in total. The van der Waals surface area contributed by atoms with Gasteiger partial charge in [0.1, 0.15) is 0 Å². The molecule has 2 aromatic rings. The van der Waals surface area contributed by atoms with Crippen molar-refractivity contribution in [3.05, 3.63) is 60.4 Å². The molecule has 0 bridgehead atoms. The lowest BCUT2D eigenvalue weighted by Crippen LogP contribution is -2.45. The number of aromatic nitrogens is 2. The van der Waals surface area contributed by atoms with Gasteiger partial charge in [0, 0.05) is 25.7 Å². The van der Waals surface area contributed by atoms with Gasteiger partial charge >= 0.3 is 6.03 Å². The number of amides is 2. The zero-order valence-electron chi connectivity index (χ0n) is 18.7. The minimum Gasteiger partial charge on any atom is -0.376 e. The maximum absolute atomic E-state index is 13.1. The Morgan fingerprint density at radius 1 is 1.38 bits per heavy atom. The predicted molar refractivity (Wildman–Crippen MR) is 123 cm³/mol. The second-order valence-electron chi connectivity index (χ2n) is 8.30. The van der Waals surface area contributed by atoms with Gasteiger partial charge in [-0.2, -0.15) is 0 Å². The Kier molecular flexibility index (Phi) is 8.09. The third-order valence-electron chi connectivity index (χ3n) is 5.19. The number of hydrogen-bond donors (Lipinski definition) is 1. The Morgan fingerprint density at radius 3 is 2.75 bits per heavy atom. The van der Waals surface area contributed by atoms with E-state index in [1.165, 1.54) is 6.20 Å². The molecule has 1 saturated heterocycles. The Hall–Kier alpha value is -2.65. The predicted octanol–water partition coefficient (Wildman–Crippen LogP) is 3.14. The lowest BCUT2D eigenvalue weighted by atomic mass is 10.2. The van der Waals surface area contributed by atoms with Gasteiger partial charge in [0.2, 0.25) is 15.0 Å². The van der Waals surface area contributed by atoms with Crippen molar-refractivity contribution in [3.8, 4) is 0 Å². The Morgan fingerprint density at radius 2 is 2.12 bits per heavy atom. The van der Waals surface area contributed by atoms with Crippen LogP contribution in [-0.2, 0) is 33.4 Å². The number of urea groups is 1. The van der Waals surface area contributed by atoms with Crippen LogP contribution in [0.1, 0.15) is 37.9 Å². The van der Waals surface area contributed by atoms with E-state index in [9.17, 15) is 13.2 Å². The summed E-state index contributed by atoms with van der Waals surface area (Å²) >= 11 is 0. The van der Waals surface area contributed by atoms with Gasteiger partial charge in [-0.1, -0.05) is 36.4 Å². The molecular weight excluding hydrogens is 428 g/mol. The summed E-state index contributed by atoms with van der Waals surface area (Å²) in [6, 6.07) is 8.78. The zero-order chi connectivity index (χ0) is 23.1. The number of rotatable bonds is 10. The highest BCUT2D eigenvalue weighted by Crippen LogP contribution is 2.20. The molecule has 1 unspecified atom stereocenters. The van der Waals surface area contributed by atoms with Gasteiger partial charge in [-0.3, -0.25) is 0 Å². The second kappa shape index (κ2) is 10.8. The monoisotopic (exact) mass is 460 g/mol. The molecule has 1 atom stereocenters. The van der Waals surface area contributed by atoms with Crippen molar-refractivity contribution >= 4 is 15.9 Å². The van der Waals surface area contributed by atoms with Gasteiger partial charge in [0.15, 0.2) is 0 Å². The first kappa shape index (κ1) is 24.0. The molecule has 0 saturated carbocycles. The topological polar surface area (TPSA) is 93.5 Å². The van der Waals surface area contributed by atoms with E-state index in [-0.39, 0.29) is 42.2 Å². The molecule has 0 radical (unpaired) electrons. The van der Waals surface area contributed by atoms with Crippen molar-refractivity contribution in [2.45, 2.75) is 62.8 Å². The second-order valence-corrected chi connectivity index (χ2v) is 10.2. The van der Waals surface area contributed by atoms with E-state index >= 15 is 0 Å². The molecule has 174 valence electrons. The fourth-order valence-electron chi connectivity index (χ4n) is 3.74. The molecule has 2 amide bonds. The molecule has 1 fully saturated rings. The van der Waals surface area contributed by atoms with Crippen molar-refractivity contribution in [2.75, 3.05) is 13.2 Å². The first-order valence-corrected chi connectivity index (χ1v) is 12.5. The number of nitrogens with zero attached hydrogens (tertiary/aromatic N) is 3. The molecule has 32 heavy (non-hydrogen) atoms. The summed E-state index contributed by atoms with van der Waals surface area (Å²) in [6.07, 6.45) is 5.01. The van der Waals surface area contributed by atoms with Crippen LogP contribution in [0, 0.1) is 0 Å². The van der Waals surface area contributed by atoms with Crippen LogP contribution in [0.3, 0.4) is 0 Å². The van der Waals surface area contributed by atoms with E-state index in [1.54, 1.807) is 27.7 Å². The summed E-state index contributed by atoms with van der Waals surface area (Å²) in [7, 11) is -3.68. The smallest absolute Gasteiger partial charge is 0.318 e. The van der Waals surface area contributed by atoms with E-state index in [2.05, 4.69) is 16.9 Å². The lowest BCUT2D eigenvalue weighted by Gasteiger charge is -2.27. The van der Waals surface area contributed by atoms with Gasteiger partial charge in [0.25, 0.3) is 0 Å². The molecule has 9 heteroatoms. The molecular formula is C23H32N4O4S. The summed E-state index contributed by atoms with van der Waals surface area (Å²) in [4.78, 5) is 18.8. The number of allylic oxidation sites excluding steroid dienone is 1. The third-order valence-corrected chi connectivity index (χ3v) is 6.79. The third kappa shape index (κ3) is 6.20. The average molecular weight is 461 g/mol. The Bertz CT molecular complexity index is 1010. The van der Waals surface area contributed by atoms with Gasteiger partial charge in [-0.15, -0.1) is 6.58 Å². The van der Waals surface area contributed by atoms with Crippen molar-refractivity contribution < 1.29 is 17.9 Å². The minimum absolute atomic E-state index is 0.0161. The summed E-state index contributed by atoms with van der Waals surface area (Å²) in [5.74, 6) is -0.144. The normalized spacial score (nSPS) is 16.3. The van der Waals surface area contributed by atoms with Crippen molar-refractivity contribution in [1.29, 1.82) is 0 Å². The van der Waals surface area contributed by atoms with Crippen LogP contribution in [0.15, 0.2) is 54.3 Å². The number of hydrogen-bond acceptors (Lipinski definition) is 5. The zero-order valence-corrected chi connectivity index (χ0v) is 19.6. The van der Waals surface area contributed by atoms with E-state index < -0.39 is 9.84 Å². The minimum atomic E-state index is -3.68. The van der Waals surface area contributed by atoms with Crippen LogP contribution in [0.25, 0.3) is 0 Å². The molecule has 0 aliphatic carbocycles. The van der Waals surface area contributed by atoms with Crippen molar-refractivity contribution in [3.63, 3.8) is 0 Å². The maximum atomic E-state index is 13.1. The van der Waals surface area contributed by atoms with E-state index in [0.29, 0.717) is 24.4 Å². The van der Waals surface area contributed by atoms with Crippen LogP contribution >= 0.6 is 0 Å². The van der Waals surface area contributed by atoms with Crippen LogP contribution in [0.4, 0.5) is 4.79 Å². The number of carbonyl (C=O) groups is 1. The van der Waals surface area contributed by atoms with Gasteiger partial charge < -0.3 is 19.5 Å². The quantitative estimate of drug-likeness (QED) is 0.550. The number of carbonyl (C=O) groups excluding carboxylic acids is 1.